The van der Waals surface area contributed by atoms with Crippen LogP contribution in [0, 0.1) is 10.1 Å². The van der Waals surface area contributed by atoms with Crippen molar-refractivity contribution in [2.24, 2.45) is 0 Å². The Bertz CT molecular complexity index is 698. The van der Waals surface area contributed by atoms with Crippen LogP contribution < -0.4 is 5.32 Å². The van der Waals surface area contributed by atoms with Crippen molar-refractivity contribution < 1.29 is 9.72 Å². The Balaban J connectivity index is 1.49. The molecule has 2 aromatic rings. The average Bonchev–Trinajstić information content (AvgIpc) is 3.26. The Morgan fingerprint density at radius 3 is 2.73 bits per heavy atom. The molecule has 3 rings (SSSR count). The fourth-order valence-electron chi connectivity index (χ4n) is 1.75. The third-order valence-corrected chi connectivity index (χ3v) is 5.04. The van der Waals surface area contributed by atoms with Crippen molar-refractivity contribution in [1.82, 2.24) is 10.2 Å². The molecule has 1 saturated carbocycles. The second-order valence-electron chi connectivity index (χ2n) is 4.81. The third kappa shape index (κ3) is 3.80. The van der Waals surface area contributed by atoms with Crippen LogP contribution in [0.5, 0.6) is 0 Å². The van der Waals surface area contributed by atoms with Gasteiger partial charge in [-0.25, -0.2) is 0 Å². The van der Waals surface area contributed by atoms with E-state index in [0.29, 0.717) is 11.0 Å². The zero-order valence-electron chi connectivity index (χ0n) is 11.4. The molecule has 1 heterocycles. The molecule has 1 amide bonds. The molecule has 22 heavy (non-hydrogen) atoms. The number of amides is 1. The van der Waals surface area contributed by atoms with Gasteiger partial charge in [0.05, 0.1) is 10.7 Å². The number of hydrogen-bond acceptors (Lipinski definition) is 7. The van der Waals surface area contributed by atoms with Gasteiger partial charge in [-0.2, -0.15) is 0 Å². The minimum absolute atomic E-state index is 0.0373. The first-order valence-electron chi connectivity index (χ1n) is 6.62. The summed E-state index contributed by atoms with van der Waals surface area (Å²) in [5, 5.41) is 22.8. The summed E-state index contributed by atoms with van der Waals surface area (Å²) in [5.74, 6) is 0.579. The van der Waals surface area contributed by atoms with E-state index >= 15 is 0 Å². The Labute approximate surface area is 134 Å². The van der Waals surface area contributed by atoms with E-state index in [1.807, 2.05) is 0 Å². The van der Waals surface area contributed by atoms with Crippen LogP contribution >= 0.6 is 23.1 Å². The van der Waals surface area contributed by atoms with Gasteiger partial charge in [-0.1, -0.05) is 11.3 Å². The average molecular weight is 336 g/mol. The zero-order chi connectivity index (χ0) is 15.5. The Morgan fingerprint density at radius 2 is 2.09 bits per heavy atom. The van der Waals surface area contributed by atoms with E-state index in [4.69, 9.17) is 0 Å². The number of carbonyl (C=O) groups excluding carboxylic acids is 1. The standard InChI is InChI=1S/C13H12N4O3S2/c18-11(14-13-16-15-12(22-13)8-1-2-8)7-21-10-5-3-9(4-6-10)17(19)20/h3-6,8H,1-2,7H2,(H,14,16,18). The fourth-order valence-corrected chi connectivity index (χ4v) is 3.38. The van der Waals surface area contributed by atoms with Gasteiger partial charge in [-0.3, -0.25) is 20.2 Å². The fraction of sp³-hybridized carbons (Fsp3) is 0.308. The Hall–Kier alpha value is -2.00. The Morgan fingerprint density at radius 1 is 1.36 bits per heavy atom. The molecule has 0 unspecified atom stereocenters. The summed E-state index contributed by atoms with van der Waals surface area (Å²) >= 11 is 2.74. The van der Waals surface area contributed by atoms with E-state index < -0.39 is 4.92 Å². The van der Waals surface area contributed by atoms with E-state index in [1.54, 1.807) is 12.1 Å². The number of aromatic nitrogens is 2. The molecule has 0 saturated heterocycles. The number of benzene rings is 1. The lowest BCUT2D eigenvalue weighted by Gasteiger charge is -2.01. The van der Waals surface area contributed by atoms with E-state index in [2.05, 4.69) is 15.5 Å². The van der Waals surface area contributed by atoms with E-state index in [-0.39, 0.29) is 17.3 Å². The van der Waals surface area contributed by atoms with Crippen LogP contribution in [0.4, 0.5) is 10.8 Å². The van der Waals surface area contributed by atoms with E-state index in [9.17, 15) is 14.9 Å². The molecule has 0 bridgehead atoms. The molecule has 1 N–H and O–H groups in total. The van der Waals surface area contributed by atoms with Gasteiger partial charge in [0.15, 0.2) is 0 Å². The SMILES string of the molecule is O=C(CSc1ccc([N+](=O)[O-])cc1)Nc1nnc(C2CC2)s1. The van der Waals surface area contributed by atoms with E-state index in [0.717, 1.165) is 22.7 Å². The summed E-state index contributed by atoms with van der Waals surface area (Å²) in [6.07, 6.45) is 2.30. The number of nitrogens with one attached hydrogen (secondary N) is 1. The highest BCUT2D eigenvalue weighted by Gasteiger charge is 2.27. The molecule has 1 aliphatic rings. The molecule has 1 aromatic carbocycles. The molecule has 7 nitrogen and oxygen atoms in total. The lowest BCUT2D eigenvalue weighted by molar-refractivity contribution is -0.384. The lowest BCUT2D eigenvalue weighted by atomic mass is 10.3. The molecule has 1 fully saturated rings. The number of nitro benzene ring substituents is 1. The minimum Gasteiger partial charge on any atom is -0.300 e. The summed E-state index contributed by atoms with van der Waals surface area (Å²) in [7, 11) is 0. The second-order valence-corrected chi connectivity index (χ2v) is 6.87. The molecular weight excluding hydrogens is 324 g/mol. The molecule has 9 heteroatoms. The van der Waals surface area contributed by atoms with Crippen molar-refractivity contribution in [3.63, 3.8) is 0 Å². The first-order chi connectivity index (χ1) is 10.6. The van der Waals surface area contributed by atoms with E-state index in [1.165, 1.54) is 35.2 Å². The van der Waals surface area contributed by atoms with Gasteiger partial charge < -0.3 is 0 Å². The predicted octanol–water partition coefficient (Wildman–Crippen LogP) is 3.05. The number of rotatable bonds is 6. The molecule has 1 aliphatic carbocycles. The number of non-ortho nitro benzene ring substituents is 1. The highest BCUT2D eigenvalue weighted by atomic mass is 32.2. The minimum atomic E-state index is -0.450. The smallest absolute Gasteiger partial charge is 0.269 e. The molecule has 0 radical (unpaired) electrons. The number of thioether (sulfide) groups is 1. The van der Waals surface area contributed by atoms with Crippen molar-refractivity contribution in [1.29, 1.82) is 0 Å². The molecule has 0 atom stereocenters. The van der Waals surface area contributed by atoms with Crippen molar-refractivity contribution in [3.05, 3.63) is 39.4 Å². The number of nitrogens with zero attached hydrogens (tertiary/aromatic N) is 3. The monoisotopic (exact) mass is 336 g/mol. The maximum absolute atomic E-state index is 11.9. The van der Waals surface area contributed by atoms with Gasteiger partial charge in [0, 0.05) is 22.9 Å². The van der Waals surface area contributed by atoms with Crippen LogP contribution in [0.2, 0.25) is 0 Å². The summed E-state index contributed by atoms with van der Waals surface area (Å²) < 4.78 is 0. The highest BCUT2D eigenvalue weighted by Crippen LogP contribution is 2.42. The van der Waals surface area contributed by atoms with Gasteiger partial charge in [0.1, 0.15) is 5.01 Å². The quantitative estimate of drug-likeness (QED) is 0.494. The molecular formula is C13H12N4O3S2. The lowest BCUT2D eigenvalue weighted by Crippen LogP contribution is -2.13. The molecule has 114 valence electrons. The van der Waals surface area contributed by atoms with Gasteiger partial charge in [0.2, 0.25) is 11.0 Å². The van der Waals surface area contributed by atoms with Crippen molar-refractivity contribution >= 4 is 39.8 Å². The summed E-state index contributed by atoms with van der Waals surface area (Å²) in [6, 6.07) is 6.11. The van der Waals surface area contributed by atoms with Gasteiger partial charge in [-0.15, -0.1) is 22.0 Å². The molecule has 1 aromatic heterocycles. The Kier molecular flexibility index (Phi) is 4.34. The number of nitro groups is 1. The summed E-state index contributed by atoms with van der Waals surface area (Å²) in [6.45, 7) is 0. The third-order valence-electron chi connectivity index (χ3n) is 3.03. The number of hydrogen-bond donors (Lipinski definition) is 1. The largest absolute Gasteiger partial charge is 0.300 e. The van der Waals surface area contributed by atoms with Gasteiger partial charge >= 0.3 is 0 Å². The van der Waals surface area contributed by atoms with Crippen LogP contribution in [0.3, 0.4) is 0 Å². The first kappa shape index (κ1) is 14.9. The molecule has 0 spiro atoms. The number of anilines is 1. The first-order valence-corrected chi connectivity index (χ1v) is 8.42. The predicted molar refractivity (Wildman–Crippen MR) is 84.3 cm³/mol. The van der Waals surface area contributed by atoms with Gasteiger partial charge in [0.25, 0.3) is 5.69 Å². The molecule has 0 aliphatic heterocycles. The van der Waals surface area contributed by atoms with Crippen molar-refractivity contribution in [3.8, 4) is 0 Å². The second kappa shape index (κ2) is 6.41. The normalized spacial score (nSPS) is 13.8. The van der Waals surface area contributed by atoms with Crippen LogP contribution in [0.1, 0.15) is 23.8 Å². The highest BCUT2D eigenvalue weighted by molar-refractivity contribution is 8.00. The topological polar surface area (TPSA) is 98.0 Å². The summed E-state index contributed by atoms with van der Waals surface area (Å²) in [4.78, 5) is 22.8. The van der Waals surface area contributed by atoms with Crippen LogP contribution in [-0.2, 0) is 4.79 Å². The number of carbonyl (C=O) groups is 1. The summed E-state index contributed by atoms with van der Waals surface area (Å²) in [5.41, 5.74) is 0.0373. The van der Waals surface area contributed by atoms with Crippen LogP contribution in [-0.4, -0.2) is 26.8 Å². The van der Waals surface area contributed by atoms with Crippen LogP contribution in [0.15, 0.2) is 29.2 Å². The van der Waals surface area contributed by atoms with Gasteiger partial charge in [-0.05, 0) is 25.0 Å². The maximum atomic E-state index is 11.9. The van der Waals surface area contributed by atoms with Crippen molar-refractivity contribution in [2.45, 2.75) is 23.7 Å². The zero-order valence-corrected chi connectivity index (χ0v) is 13.0. The van der Waals surface area contributed by atoms with Crippen LogP contribution in [0.25, 0.3) is 0 Å². The van der Waals surface area contributed by atoms with Crippen molar-refractivity contribution in [2.75, 3.05) is 11.1 Å². The maximum Gasteiger partial charge on any atom is 0.269 e.